The largest absolute Gasteiger partial charge is 0.322 e. The van der Waals surface area contributed by atoms with Crippen molar-refractivity contribution >= 4 is 23.2 Å². The molecule has 2 aromatic rings. The molecule has 1 N–H and O–H groups in total. The van der Waals surface area contributed by atoms with Crippen LogP contribution in [0, 0.1) is 12.8 Å². The summed E-state index contributed by atoms with van der Waals surface area (Å²) >= 11 is 0. The normalized spacial score (nSPS) is 13.5. The van der Waals surface area contributed by atoms with Gasteiger partial charge in [-0.05, 0) is 49.6 Å². The van der Waals surface area contributed by atoms with Crippen LogP contribution in [0.2, 0.25) is 0 Å². The highest BCUT2D eigenvalue weighted by Gasteiger charge is 2.24. The highest BCUT2D eigenvalue weighted by Crippen LogP contribution is 2.31. The minimum absolute atomic E-state index is 0.0449. The Morgan fingerprint density at radius 2 is 1.92 bits per heavy atom. The van der Waals surface area contributed by atoms with E-state index in [9.17, 15) is 9.59 Å². The number of benzene rings is 2. The van der Waals surface area contributed by atoms with Gasteiger partial charge in [0.05, 0.1) is 0 Å². The van der Waals surface area contributed by atoms with E-state index in [0.717, 1.165) is 36.2 Å². The van der Waals surface area contributed by atoms with E-state index in [4.69, 9.17) is 0 Å². The standard InChI is InChI=1S/C21H24N2O2/c1-14(2)21(25)23-11-5-8-16-9-10-18(13-19(16)23)22-20(24)17-7-4-6-15(3)12-17/h4,6-7,9-10,12-14H,5,8,11H2,1-3H3,(H,22,24). The number of anilines is 2. The van der Waals surface area contributed by atoms with Gasteiger partial charge >= 0.3 is 0 Å². The molecule has 2 aromatic carbocycles. The summed E-state index contributed by atoms with van der Waals surface area (Å²) in [5.41, 5.74) is 4.48. The average molecular weight is 336 g/mol. The van der Waals surface area contributed by atoms with Gasteiger partial charge in [-0.3, -0.25) is 9.59 Å². The Morgan fingerprint density at radius 3 is 2.64 bits per heavy atom. The van der Waals surface area contributed by atoms with E-state index in [-0.39, 0.29) is 17.7 Å². The average Bonchev–Trinajstić information content (AvgIpc) is 2.60. The van der Waals surface area contributed by atoms with Crippen LogP contribution < -0.4 is 10.2 Å². The predicted molar refractivity (Wildman–Crippen MR) is 101 cm³/mol. The molecule has 25 heavy (non-hydrogen) atoms. The molecule has 0 saturated carbocycles. The van der Waals surface area contributed by atoms with Crippen LogP contribution in [0.4, 0.5) is 11.4 Å². The van der Waals surface area contributed by atoms with Crippen molar-refractivity contribution in [1.29, 1.82) is 0 Å². The van der Waals surface area contributed by atoms with Crippen LogP contribution in [0.1, 0.15) is 41.8 Å². The Labute approximate surface area is 148 Å². The van der Waals surface area contributed by atoms with Crippen molar-refractivity contribution in [2.24, 2.45) is 5.92 Å². The van der Waals surface area contributed by atoms with Gasteiger partial charge in [0.1, 0.15) is 0 Å². The topological polar surface area (TPSA) is 49.4 Å². The van der Waals surface area contributed by atoms with Crippen molar-refractivity contribution in [2.75, 3.05) is 16.8 Å². The molecule has 0 fully saturated rings. The fraction of sp³-hybridized carbons (Fsp3) is 0.333. The first-order chi connectivity index (χ1) is 12.0. The number of amides is 2. The van der Waals surface area contributed by atoms with Crippen molar-refractivity contribution in [3.05, 3.63) is 59.2 Å². The third-order valence-electron chi connectivity index (χ3n) is 4.50. The summed E-state index contributed by atoms with van der Waals surface area (Å²) < 4.78 is 0. The Balaban J connectivity index is 1.86. The molecule has 0 radical (unpaired) electrons. The number of aryl methyl sites for hydroxylation is 2. The van der Waals surface area contributed by atoms with Crippen LogP contribution in [-0.4, -0.2) is 18.4 Å². The zero-order chi connectivity index (χ0) is 18.0. The van der Waals surface area contributed by atoms with E-state index in [1.807, 2.05) is 62.1 Å². The maximum atomic E-state index is 12.5. The van der Waals surface area contributed by atoms with Gasteiger partial charge in [0.15, 0.2) is 0 Å². The third-order valence-corrected chi connectivity index (χ3v) is 4.50. The maximum absolute atomic E-state index is 12.5. The van der Waals surface area contributed by atoms with Crippen molar-refractivity contribution in [2.45, 2.75) is 33.6 Å². The molecule has 0 spiro atoms. The smallest absolute Gasteiger partial charge is 0.255 e. The van der Waals surface area contributed by atoms with E-state index in [0.29, 0.717) is 11.3 Å². The highest BCUT2D eigenvalue weighted by atomic mass is 16.2. The first-order valence-electron chi connectivity index (χ1n) is 8.78. The summed E-state index contributed by atoms with van der Waals surface area (Å²) in [4.78, 5) is 26.8. The number of nitrogens with zero attached hydrogens (tertiary/aromatic N) is 1. The van der Waals surface area contributed by atoms with Gasteiger partial charge in [0.25, 0.3) is 5.91 Å². The number of carbonyl (C=O) groups is 2. The SMILES string of the molecule is Cc1cccc(C(=O)Nc2ccc3c(c2)N(C(=O)C(C)C)CCC3)c1. The number of carbonyl (C=O) groups excluding carboxylic acids is 2. The first-order valence-corrected chi connectivity index (χ1v) is 8.78. The lowest BCUT2D eigenvalue weighted by Crippen LogP contribution is -2.38. The number of hydrogen-bond donors (Lipinski definition) is 1. The summed E-state index contributed by atoms with van der Waals surface area (Å²) in [6.45, 7) is 6.53. The third kappa shape index (κ3) is 3.73. The van der Waals surface area contributed by atoms with Gasteiger partial charge in [0.2, 0.25) is 5.91 Å². The number of rotatable bonds is 3. The van der Waals surface area contributed by atoms with Gasteiger partial charge in [0, 0.05) is 29.4 Å². The fourth-order valence-electron chi connectivity index (χ4n) is 3.18. The minimum Gasteiger partial charge on any atom is -0.322 e. The lowest BCUT2D eigenvalue weighted by atomic mass is 9.99. The van der Waals surface area contributed by atoms with Gasteiger partial charge in [-0.2, -0.15) is 0 Å². The molecule has 0 aromatic heterocycles. The van der Waals surface area contributed by atoms with E-state index in [1.165, 1.54) is 0 Å². The molecular weight excluding hydrogens is 312 g/mol. The van der Waals surface area contributed by atoms with Crippen molar-refractivity contribution in [1.82, 2.24) is 0 Å². The second kappa shape index (κ2) is 7.09. The van der Waals surface area contributed by atoms with E-state index < -0.39 is 0 Å². The Morgan fingerprint density at radius 1 is 1.12 bits per heavy atom. The number of hydrogen-bond acceptors (Lipinski definition) is 2. The molecule has 2 amide bonds. The molecule has 0 unspecified atom stereocenters. The zero-order valence-corrected chi connectivity index (χ0v) is 15.0. The van der Waals surface area contributed by atoms with Crippen LogP contribution in [0.15, 0.2) is 42.5 Å². The summed E-state index contributed by atoms with van der Waals surface area (Å²) in [7, 11) is 0. The quantitative estimate of drug-likeness (QED) is 0.914. The second-order valence-electron chi connectivity index (χ2n) is 6.92. The molecule has 1 aliphatic rings. The van der Waals surface area contributed by atoms with Crippen molar-refractivity contribution < 1.29 is 9.59 Å². The van der Waals surface area contributed by atoms with Crippen LogP contribution in [-0.2, 0) is 11.2 Å². The van der Waals surface area contributed by atoms with E-state index in [2.05, 4.69) is 5.32 Å². The molecule has 4 heteroatoms. The molecule has 0 aliphatic carbocycles. The van der Waals surface area contributed by atoms with Crippen molar-refractivity contribution in [3.8, 4) is 0 Å². The summed E-state index contributed by atoms with van der Waals surface area (Å²) in [6, 6.07) is 13.3. The molecule has 0 saturated heterocycles. The fourth-order valence-corrected chi connectivity index (χ4v) is 3.18. The molecule has 4 nitrogen and oxygen atoms in total. The second-order valence-corrected chi connectivity index (χ2v) is 6.92. The molecule has 0 bridgehead atoms. The van der Waals surface area contributed by atoms with E-state index in [1.54, 1.807) is 6.07 Å². The Hall–Kier alpha value is -2.62. The molecular formula is C21H24N2O2. The Kier molecular flexibility index (Phi) is 4.88. The van der Waals surface area contributed by atoms with Gasteiger partial charge in [-0.1, -0.05) is 37.6 Å². The van der Waals surface area contributed by atoms with Crippen LogP contribution in [0.25, 0.3) is 0 Å². The van der Waals surface area contributed by atoms with Crippen LogP contribution in [0.3, 0.4) is 0 Å². The molecule has 3 rings (SSSR count). The van der Waals surface area contributed by atoms with Gasteiger partial charge in [-0.15, -0.1) is 0 Å². The monoisotopic (exact) mass is 336 g/mol. The predicted octanol–water partition coefficient (Wildman–Crippen LogP) is 4.18. The minimum atomic E-state index is -0.138. The lowest BCUT2D eigenvalue weighted by Gasteiger charge is -2.31. The maximum Gasteiger partial charge on any atom is 0.255 e. The number of fused-ring (bicyclic) bond motifs is 1. The first kappa shape index (κ1) is 17.2. The zero-order valence-electron chi connectivity index (χ0n) is 15.0. The van der Waals surface area contributed by atoms with Crippen molar-refractivity contribution in [3.63, 3.8) is 0 Å². The van der Waals surface area contributed by atoms with Gasteiger partial charge in [-0.25, -0.2) is 0 Å². The molecule has 0 atom stereocenters. The lowest BCUT2D eigenvalue weighted by molar-refractivity contribution is -0.121. The van der Waals surface area contributed by atoms with Crippen LogP contribution >= 0.6 is 0 Å². The van der Waals surface area contributed by atoms with Crippen LogP contribution in [0.5, 0.6) is 0 Å². The number of nitrogens with one attached hydrogen (secondary N) is 1. The van der Waals surface area contributed by atoms with E-state index >= 15 is 0 Å². The Bertz CT molecular complexity index is 811. The summed E-state index contributed by atoms with van der Waals surface area (Å²) in [5, 5.41) is 2.95. The molecule has 1 aliphatic heterocycles. The highest BCUT2D eigenvalue weighted by molar-refractivity contribution is 6.05. The molecule has 1 heterocycles. The summed E-state index contributed by atoms with van der Waals surface area (Å²) in [6.07, 6.45) is 1.93. The van der Waals surface area contributed by atoms with Gasteiger partial charge < -0.3 is 10.2 Å². The molecule has 130 valence electrons. The summed E-state index contributed by atoms with van der Waals surface area (Å²) in [5.74, 6) is -0.0548.